The zero-order chi connectivity index (χ0) is 14.8. The van der Waals surface area contributed by atoms with Gasteiger partial charge in [0.25, 0.3) is 0 Å². The number of rotatable bonds is 5. The van der Waals surface area contributed by atoms with Crippen LogP contribution in [0.25, 0.3) is 0 Å². The highest BCUT2D eigenvalue weighted by Gasteiger charge is 2.34. The van der Waals surface area contributed by atoms with Crippen LogP contribution in [0.15, 0.2) is 0 Å². The van der Waals surface area contributed by atoms with Gasteiger partial charge in [0.15, 0.2) is 0 Å². The van der Waals surface area contributed by atoms with Gasteiger partial charge in [-0.05, 0) is 44.1 Å². The second-order valence-corrected chi connectivity index (χ2v) is 10.3. The van der Waals surface area contributed by atoms with Gasteiger partial charge in [-0.3, -0.25) is 0 Å². The van der Waals surface area contributed by atoms with Gasteiger partial charge in [0, 0.05) is 6.54 Å². The molecule has 2 unspecified atom stereocenters. The Bertz CT molecular complexity index is 516. The fourth-order valence-corrected chi connectivity index (χ4v) is 6.54. The van der Waals surface area contributed by atoms with Crippen molar-refractivity contribution in [3.63, 3.8) is 0 Å². The lowest BCUT2D eigenvalue weighted by molar-refractivity contribution is 0.392. The number of hydrogen-bond donors (Lipinski definition) is 2. The molecule has 0 bridgehead atoms. The third-order valence-corrected chi connectivity index (χ3v) is 8.24. The molecule has 1 heterocycles. The van der Waals surface area contributed by atoms with Crippen LogP contribution in [0.1, 0.15) is 32.1 Å². The molecule has 6 nitrogen and oxygen atoms in total. The zero-order valence-electron chi connectivity index (χ0n) is 11.6. The summed E-state index contributed by atoms with van der Waals surface area (Å²) in [6, 6.07) is 0. The first-order valence-corrected chi connectivity index (χ1v) is 10.6. The highest BCUT2D eigenvalue weighted by molar-refractivity contribution is 7.92. The molecule has 20 heavy (non-hydrogen) atoms. The van der Waals surface area contributed by atoms with Gasteiger partial charge in [-0.15, -0.1) is 0 Å². The predicted molar refractivity (Wildman–Crippen MR) is 78.5 cm³/mol. The fourth-order valence-electron chi connectivity index (χ4n) is 3.21. The van der Waals surface area contributed by atoms with Gasteiger partial charge in [0.2, 0.25) is 10.0 Å². The molecule has 1 saturated heterocycles. The quantitative estimate of drug-likeness (QED) is 0.732. The number of sulfonamides is 1. The monoisotopic (exact) mass is 324 g/mol. The van der Waals surface area contributed by atoms with Crippen LogP contribution in [-0.2, 0) is 19.9 Å². The SMILES string of the molecule is NCC1CCCC1CNS(=O)(=O)C1CCS(=O)(=O)CC1. The van der Waals surface area contributed by atoms with Gasteiger partial charge in [-0.25, -0.2) is 21.6 Å². The number of nitrogens with one attached hydrogen (secondary N) is 1. The highest BCUT2D eigenvalue weighted by atomic mass is 32.2. The average Bonchev–Trinajstić information content (AvgIpc) is 2.83. The van der Waals surface area contributed by atoms with E-state index in [0.29, 0.717) is 24.9 Å². The molecule has 1 aliphatic carbocycles. The van der Waals surface area contributed by atoms with Crippen molar-refractivity contribution < 1.29 is 16.8 Å². The van der Waals surface area contributed by atoms with Crippen molar-refractivity contribution in [2.45, 2.75) is 37.4 Å². The average molecular weight is 324 g/mol. The lowest BCUT2D eigenvalue weighted by Crippen LogP contribution is -2.42. The lowest BCUT2D eigenvalue weighted by Gasteiger charge is -2.24. The van der Waals surface area contributed by atoms with E-state index in [-0.39, 0.29) is 24.3 Å². The van der Waals surface area contributed by atoms with Crippen molar-refractivity contribution >= 4 is 19.9 Å². The molecule has 2 atom stereocenters. The maximum atomic E-state index is 12.2. The lowest BCUT2D eigenvalue weighted by atomic mass is 9.97. The van der Waals surface area contributed by atoms with Crippen molar-refractivity contribution in [1.29, 1.82) is 0 Å². The molecule has 118 valence electrons. The third-order valence-electron chi connectivity index (χ3n) is 4.61. The molecule has 0 amide bonds. The second-order valence-electron chi connectivity index (χ2n) is 5.93. The van der Waals surface area contributed by atoms with E-state index in [9.17, 15) is 16.8 Å². The second kappa shape index (κ2) is 6.29. The summed E-state index contributed by atoms with van der Waals surface area (Å²) in [4.78, 5) is 0. The van der Waals surface area contributed by atoms with Crippen LogP contribution in [-0.4, -0.2) is 46.7 Å². The van der Waals surface area contributed by atoms with Gasteiger partial charge < -0.3 is 5.73 Å². The molecular formula is C12H24N2O4S2. The predicted octanol–water partition coefficient (Wildman–Crippen LogP) is -0.142. The zero-order valence-corrected chi connectivity index (χ0v) is 13.3. The van der Waals surface area contributed by atoms with Gasteiger partial charge in [0.1, 0.15) is 9.84 Å². The molecule has 2 rings (SSSR count). The number of sulfone groups is 1. The molecule has 1 aliphatic heterocycles. The summed E-state index contributed by atoms with van der Waals surface area (Å²) in [7, 11) is -6.44. The standard InChI is InChI=1S/C12H24N2O4S2/c13-8-10-2-1-3-11(10)9-14-20(17,18)12-4-6-19(15,16)7-5-12/h10-12,14H,1-9,13H2. The van der Waals surface area contributed by atoms with Crippen LogP contribution in [0, 0.1) is 11.8 Å². The summed E-state index contributed by atoms with van der Waals surface area (Å²) in [5.74, 6) is 0.687. The van der Waals surface area contributed by atoms with Crippen molar-refractivity contribution in [2.24, 2.45) is 17.6 Å². The van der Waals surface area contributed by atoms with E-state index in [4.69, 9.17) is 5.73 Å². The molecule has 0 aromatic heterocycles. The van der Waals surface area contributed by atoms with E-state index in [2.05, 4.69) is 4.72 Å². The van der Waals surface area contributed by atoms with E-state index in [1.54, 1.807) is 0 Å². The fraction of sp³-hybridized carbons (Fsp3) is 1.00. The summed E-state index contributed by atoms with van der Waals surface area (Å²) in [6.07, 6.45) is 3.62. The van der Waals surface area contributed by atoms with Gasteiger partial charge in [0.05, 0.1) is 16.8 Å². The first kappa shape index (κ1) is 16.2. The largest absolute Gasteiger partial charge is 0.330 e. The smallest absolute Gasteiger partial charge is 0.214 e. The van der Waals surface area contributed by atoms with Gasteiger partial charge >= 0.3 is 0 Å². The molecule has 2 fully saturated rings. The van der Waals surface area contributed by atoms with E-state index in [1.165, 1.54) is 0 Å². The molecule has 0 aromatic carbocycles. The minimum atomic E-state index is -3.41. The van der Waals surface area contributed by atoms with Gasteiger partial charge in [-0.2, -0.15) is 0 Å². The van der Waals surface area contributed by atoms with Crippen molar-refractivity contribution in [3.8, 4) is 0 Å². The Kier molecular flexibility index (Phi) is 5.09. The molecule has 2 aliphatic rings. The maximum absolute atomic E-state index is 12.2. The van der Waals surface area contributed by atoms with E-state index in [1.807, 2.05) is 0 Å². The van der Waals surface area contributed by atoms with Crippen LogP contribution < -0.4 is 10.5 Å². The molecular weight excluding hydrogens is 300 g/mol. The van der Waals surface area contributed by atoms with E-state index in [0.717, 1.165) is 19.3 Å². The number of nitrogens with two attached hydrogens (primary N) is 1. The van der Waals surface area contributed by atoms with Crippen LogP contribution in [0.5, 0.6) is 0 Å². The van der Waals surface area contributed by atoms with E-state index >= 15 is 0 Å². The van der Waals surface area contributed by atoms with Crippen LogP contribution in [0.4, 0.5) is 0 Å². The Hall–Kier alpha value is -0.180. The highest BCUT2D eigenvalue weighted by Crippen LogP contribution is 2.30. The first-order valence-electron chi connectivity index (χ1n) is 7.23. The van der Waals surface area contributed by atoms with Gasteiger partial charge in [-0.1, -0.05) is 6.42 Å². The Morgan fingerprint density at radius 1 is 1.05 bits per heavy atom. The van der Waals surface area contributed by atoms with Crippen molar-refractivity contribution in [2.75, 3.05) is 24.6 Å². The van der Waals surface area contributed by atoms with Crippen molar-refractivity contribution in [3.05, 3.63) is 0 Å². The Morgan fingerprint density at radius 2 is 1.65 bits per heavy atom. The third kappa shape index (κ3) is 3.93. The minimum absolute atomic E-state index is 0.0204. The Morgan fingerprint density at radius 3 is 2.25 bits per heavy atom. The molecule has 0 aromatic rings. The Labute approximate surface area is 121 Å². The molecule has 3 N–H and O–H groups in total. The van der Waals surface area contributed by atoms with Crippen molar-refractivity contribution in [1.82, 2.24) is 4.72 Å². The molecule has 0 spiro atoms. The van der Waals surface area contributed by atoms with Crippen LogP contribution in [0.2, 0.25) is 0 Å². The van der Waals surface area contributed by atoms with E-state index < -0.39 is 25.1 Å². The van der Waals surface area contributed by atoms with Crippen LogP contribution in [0.3, 0.4) is 0 Å². The van der Waals surface area contributed by atoms with Crippen LogP contribution >= 0.6 is 0 Å². The summed E-state index contributed by atoms with van der Waals surface area (Å²) in [6.45, 7) is 1.04. The molecule has 8 heteroatoms. The Balaban J connectivity index is 1.88. The maximum Gasteiger partial charge on any atom is 0.214 e. The minimum Gasteiger partial charge on any atom is -0.330 e. The first-order chi connectivity index (χ1) is 9.34. The summed E-state index contributed by atoms with van der Waals surface area (Å²) >= 11 is 0. The summed E-state index contributed by atoms with van der Waals surface area (Å²) in [5.41, 5.74) is 5.69. The number of hydrogen-bond acceptors (Lipinski definition) is 5. The summed E-state index contributed by atoms with van der Waals surface area (Å²) < 4.78 is 49.8. The molecule has 0 radical (unpaired) electrons. The summed E-state index contributed by atoms with van der Waals surface area (Å²) in [5, 5.41) is -0.566. The normalized spacial score (nSPS) is 31.4. The molecule has 1 saturated carbocycles. The topological polar surface area (TPSA) is 106 Å².